The summed E-state index contributed by atoms with van der Waals surface area (Å²) in [6.45, 7) is 15.8. The Hall–Kier alpha value is -1.89. The summed E-state index contributed by atoms with van der Waals surface area (Å²) < 4.78 is 15.5. The van der Waals surface area contributed by atoms with Crippen molar-refractivity contribution >= 4 is 17.9 Å². The van der Waals surface area contributed by atoms with E-state index in [0.717, 1.165) is 18.6 Å². The molecule has 0 aliphatic carbocycles. The molecule has 0 radical (unpaired) electrons. The lowest BCUT2D eigenvalue weighted by Crippen LogP contribution is -2.39. The van der Waals surface area contributed by atoms with Crippen molar-refractivity contribution in [1.29, 1.82) is 0 Å². The van der Waals surface area contributed by atoms with Gasteiger partial charge in [-0.15, -0.1) is 0 Å². The average Bonchev–Trinajstić information content (AvgIpc) is 2.47. The van der Waals surface area contributed by atoms with Crippen LogP contribution in [0.5, 0.6) is 0 Å². The third-order valence-corrected chi connectivity index (χ3v) is 4.26. The Bertz CT molecular complexity index is 617. The molecule has 0 aromatic heterocycles. The molecule has 0 aromatic rings. The third-order valence-electron chi connectivity index (χ3n) is 4.26. The van der Waals surface area contributed by atoms with E-state index in [1.165, 1.54) is 7.11 Å². The van der Waals surface area contributed by atoms with E-state index in [1.807, 2.05) is 27.7 Å². The number of hydrogen-bond acceptors (Lipinski definition) is 7. The van der Waals surface area contributed by atoms with Gasteiger partial charge in [-0.3, -0.25) is 4.79 Å². The molecule has 0 amide bonds. The van der Waals surface area contributed by atoms with E-state index >= 15 is 0 Å². The lowest BCUT2D eigenvalue weighted by molar-refractivity contribution is -0.157. The Morgan fingerprint density at radius 2 is 1.14 bits per heavy atom. The Morgan fingerprint density at radius 1 is 0.724 bits per heavy atom. The van der Waals surface area contributed by atoms with Gasteiger partial charge in [-0.2, -0.15) is 0 Å². The van der Waals surface area contributed by atoms with Crippen LogP contribution >= 0.6 is 0 Å². The normalized spacial score (nSPS) is 13.3. The summed E-state index contributed by atoms with van der Waals surface area (Å²) in [5.41, 5.74) is 3.71. The van der Waals surface area contributed by atoms with E-state index in [1.54, 1.807) is 0 Å². The fourth-order valence-electron chi connectivity index (χ4n) is 4.66. The molecule has 0 aliphatic rings. The van der Waals surface area contributed by atoms with Crippen LogP contribution in [0.15, 0.2) is 12.2 Å². The highest BCUT2D eigenvalue weighted by molar-refractivity contribution is 5.91. The molecule has 0 saturated heterocycles. The Labute approximate surface area is 175 Å². The summed E-state index contributed by atoms with van der Waals surface area (Å²) >= 11 is 0. The highest BCUT2D eigenvalue weighted by Gasteiger charge is 2.39. The van der Waals surface area contributed by atoms with Crippen molar-refractivity contribution in [2.75, 3.05) is 13.7 Å². The molecule has 0 aromatic carbocycles. The van der Waals surface area contributed by atoms with Crippen LogP contribution in [-0.4, -0.2) is 42.8 Å². The van der Waals surface area contributed by atoms with Gasteiger partial charge in [-0.25, -0.2) is 9.59 Å². The van der Waals surface area contributed by atoms with Crippen molar-refractivity contribution < 1.29 is 28.6 Å². The number of hydrogen-bond donors (Lipinski definition) is 1. The summed E-state index contributed by atoms with van der Waals surface area (Å²) in [7, 11) is 1.24. The molecule has 0 aliphatic heterocycles. The molecule has 0 rings (SSSR count). The van der Waals surface area contributed by atoms with Crippen LogP contribution in [-0.2, 0) is 28.6 Å². The first-order valence-corrected chi connectivity index (χ1v) is 9.84. The number of carbonyl (C=O) groups is 3. The third kappa shape index (κ3) is 12.3. The van der Waals surface area contributed by atoms with Crippen molar-refractivity contribution in [3.05, 3.63) is 12.2 Å². The summed E-state index contributed by atoms with van der Waals surface area (Å²) in [6, 6.07) is 0. The predicted octanol–water partition coefficient (Wildman–Crippen LogP) is 3.54. The first-order valence-electron chi connectivity index (χ1n) is 9.84. The van der Waals surface area contributed by atoms with E-state index in [9.17, 15) is 14.4 Å². The Kier molecular flexibility index (Phi) is 9.57. The molecule has 168 valence electrons. The summed E-state index contributed by atoms with van der Waals surface area (Å²) in [5.74, 6) is -1.62. The number of nitrogens with two attached hydrogens (primary N) is 1. The predicted molar refractivity (Wildman–Crippen MR) is 112 cm³/mol. The first-order chi connectivity index (χ1) is 12.9. The Morgan fingerprint density at radius 3 is 1.55 bits per heavy atom. The van der Waals surface area contributed by atoms with E-state index < -0.39 is 29.1 Å². The van der Waals surface area contributed by atoms with Gasteiger partial charge in [0.2, 0.25) is 0 Å². The quantitative estimate of drug-likeness (QED) is 0.314. The maximum absolute atomic E-state index is 12.0. The van der Waals surface area contributed by atoms with Crippen LogP contribution in [0.25, 0.3) is 0 Å². The van der Waals surface area contributed by atoms with Gasteiger partial charge in [0.05, 0.1) is 13.7 Å². The van der Waals surface area contributed by atoms with Gasteiger partial charge < -0.3 is 19.9 Å². The second-order valence-corrected chi connectivity index (χ2v) is 10.3. The van der Waals surface area contributed by atoms with E-state index in [2.05, 4.69) is 32.4 Å². The topological polar surface area (TPSA) is 105 Å². The van der Waals surface area contributed by atoms with Crippen molar-refractivity contribution in [2.45, 2.75) is 85.9 Å². The van der Waals surface area contributed by atoms with E-state index in [-0.39, 0.29) is 17.4 Å². The number of esters is 3. The fourth-order valence-corrected chi connectivity index (χ4v) is 4.66. The van der Waals surface area contributed by atoms with Gasteiger partial charge in [0.1, 0.15) is 11.2 Å². The zero-order chi connectivity index (χ0) is 23.1. The van der Waals surface area contributed by atoms with Crippen LogP contribution in [0.4, 0.5) is 0 Å². The molecule has 0 bridgehead atoms. The SMILES string of the molecule is COC(=O)/C=C/C(=O)OC(C)(C)CC(C)(C)CC(C)(C)CC(C)(C)OC(=O)CN. The number of ether oxygens (including phenoxy) is 3. The molecule has 0 atom stereocenters. The zero-order valence-corrected chi connectivity index (χ0v) is 19.5. The minimum absolute atomic E-state index is 0.132. The second kappa shape index (κ2) is 10.2. The molecule has 29 heavy (non-hydrogen) atoms. The highest BCUT2D eigenvalue weighted by Crippen LogP contribution is 2.44. The summed E-state index contributed by atoms with van der Waals surface area (Å²) in [6.07, 6.45) is 4.21. The van der Waals surface area contributed by atoms with Gasteiger partial charge >= 0.3 is 17.9 Å². The smallest absolute Gasteiger partial charge is 0.331 e. The summed E-state index contributed by atoms with van der Waals surface area (Å²) in [4.78, 5) is 34.7. The summed E-state index contributed by atoms with van der Waals surface area (Å²) in [5, 5.41) is 0. The molecule has 0 saturated carbocycles. The van der Waals surface area contributed by atoms with Crippen molar-refractivity contribution in [2.24, 2.45) is 16.6 Å². The standard InChI is InChI=1S/C22H39NO6/c1-19(2,13-20(3,4)15-22(7,8)29-18(26)12-23)14-21(5,6)28-17(25)11-10-16(24)27-9/h10-11H,12-15,23H2,1-9H3/b11-10+. The van der Waals surface area contributed by atoms with Crippen LogP contribution in [0.3, 0.4) is 0 Å². The molecular formula is C22H39NO6. The Balaban J connectivity index is 5.01. The monoisotopic (exact) mass is 413 g/mol. The molecule has 0 unspecified atom stereocenters. The van der Waals surface area contributed by atoms with Crippen LogP contribution in [0.2, 0.25) is 0 Å². The maximum atomic E-state index is 12.0. The maximum Gasteiger partial charge on any atom is 0.331 e. The van der Waals surface area contributed by atoms with Gasteiger partial charge in [0.25, 0.3) is 0 Å². The van der Waals surface area contributed by atoms with Crippen LogP contribution < -0.4 is 5.73 Å². The van der Waals surface area contributed by atoms with Crippen LogP contribution in [0.1, 0.15) is 74.7 Å². The number of carbonyl (C=O) groups excluding carboxylic acids is 3. The molecule has 0 fully saturated rings. The number of methoxy groups -OCH3 is 1. The van der Waals surface area contributed by atoms with E-state index in [4.69, 9.17) is 15.2 Å². The van der Waals surface area contributed by atoms with Gasteiger partial charge in [0, 0.05) is 12.2 Å². The average molecular weight is 414 g/mol. The van der Waals surface area contributed by atoms with Gasteiger partial charge in [0.15, 0.2) is 0 Å². The lowest BCUT2D eigenvalue weighted by atomic mass is 9.67. The number of rotatable bonds is 11. The molecule has 2 N–H and O–H groups in total. The molecule has 0 spiro atoms. The highest BCUT2D eigenvalue weighted by atomic mass is 16.6. The molecule has 7 heteroatoms. The minimum Gasteiger partial charge on any atom is -0.466 e. The second-order valence-electron chi connectivity index (χ2n) is 10.3. The first kappa shape index (κ1) is 27.1. The van der Waals surface area contributed by atoms with E-state index in [0.29, 0.717) is 12.8 Å². The molecule has 0 heterocycles. The van der Waals surface area contributed by atoms with Gasteiger partial charge in [-0.1, -0.05) is 27.7 Å². The largest absolute Gasteiger partial charge is 0.466 e. The van der Waals surface area contributed by atoms with Crippen molar-refractivity contribution in [3.63, 3.8) is 0 Å². The molecule has 7 nitrogen and oxygen atoms in total. The van der Waals surface area contributed by atoms with Gasteiger partial charge in [-0.05, 0) is 57.8 Å². The lowest BCUT2D eigenvalue weighted by Gasteiger charge is -2.42. The van der Waals surface area contributed by atoms with Crippen LogP contribution in [0, 0.1) is 10.8 Å². The van der Waals surface area contributed by atoms with Crippen molar-refractivity contribution in [1.82, 2.24) is 0 Å². The zero-order valence-electron chi connectivity index (χ0n) is 19.5. The van der Waals surface area contributed by atoms with Crippen molar-refractivity contribution in [3.8, 4) is 0 Å². The fraction of sp³-hybridized carbons (Fsp3) is 0.773. The molecular weight excluding hydrogens is 374 g/mol. The minimum atomic E-state index is -0.724.